The van der Waals surface area contributed by atoms with E-state index in [9.17, 15) is 13.2 Å². The molecule has 8 heteroatoms. The molecule has 20 heavy (non-hydrogen) atoms. The van der Waals surface area contributed by atoms with Crippen molar-refractivity contribution in [3.63, 3.8) is 0 Å². The van der Waals surface area contributed by atoms with Crippen molar-refractivity contribution in [2.24, 2.45) is 0 Å². The summed E-state index contributed by atoms with van der Waals surface area (Å²) in [4.78, 5) is 11.6. The van der Waals surface area contributed by atoms with Crippen LogP contribution in [0.5, 0.6) is 0 Å². The first kappa shape index (κ1) is 15.0. The molecule has 5 nitrogen and oxygen atoms in total. The number of aryl methyl sites for hydroxylation is 1. The van der Waals surface area contributed by atoms with Crippen LogP contribution in [0.4, 0.5) is 5.69 Å². The molecule has 106 valence electrons. The van der Waals surface area contributed by atoms with Crippen LogP contribution in [0, 0.1) is 6.92 Å². The van der Waals surface area contributed by atoms with E-state index in [0.717, 1.165) is 3.79 Å². The maximum atomic E-state index is 12.2. The van der Waals surface area contributed by atoms with Crippen molar-refractivity contribution >= 4 is 48.9 Å². The van der Waals surface area contributed by atoms with Gasteiger partial charge in [-0.2, -0.15) is 0 Å². The summed E-state index contributed by atoms with van der Waals surface area (Å²) in [6, 6.07) is 7.05. The van der Waals surface area contributed by atoms with Crippen LogP contribution in [0.3, 0.4) is 0 Å². The Morgan fingerprint density at radius 3 is 2.35 bits per heavy atom. The van der Waals surface area contributed by atoms with Crippen molar-refractivity contribution in [2.75, 3.05) is 4.72 Å². The maximum absolute atomic E-state index is 12.2. The van der Waals surface area contributed by atoms with Crippen molar-refractivity contribution in [1.29, 1.82) is 0 Å². The number of hydrogen-bond donors (Lipinski definition) is 2. The number of benzene rings is 1. The maximum Gasteiger partial charge on any atom is 0.335 e. The molecule has 0 amide bonds. The van der Waals surface area contributed by atoms with Crippen LogP contribution in [0.2, 0.25) is 0 Å². The molecule has 2 rings (SSSR count). The molecule has 0 aliphatic carbocycles. The van der Waals surface area contributed by atoms with Crippen molar-refractivity contribution < 1.29 is 18.3 Å². The van der Waals surface area contributed by atoms with Gasteiger partial charge in [0.1, 0.15) is 4.90 Å². The molecular formula is C12H10BrNO4S2. The van der Waals surface area contributed by atoms with Gasteiger partial charge >= 0.3 is 5.97 Å². The molecule has 0 saturated heterocycles. The van der Waals surface area contributed by atoms with Crippen LogP contribution in [0.15, 0.2) is 39.0 Å². The number of anilines is 1. The standard InChI is InChI=1S/C12H10BrNO4S2/c1-7-10(6-11(13)19-7)20(17,18)14-9-4-2-8(3-5-9)12(15)16/h2-6,14H,1H3,(H,15,16). The number of carboxylic acids is 1. The summed E-state index contributed by atoms with van der Waals surface area (Å²) >= 11 is 4.58. The lowest BCUT2D eigenvalue weighted by molar-refractivity contribution is 0.0697. The number of rotatable bonds is 4. The fourth-order valence-corrected chi connectivity index (χ4v) is 5.06. The second-order valence-corrected chi connectivity index (χ2v) is 8.25. The zero-order valence-electron chi connectivity index (χ0n) is 10.3. The Labute approximate surface area is 128 Å². The zero-order chi connectivity index (χ0) is 14.9. The molecule has 0 atom stereocenters. The molecule has 0 radical (unpaired) electrons. The highest BCUT2D eigenvalue weighted by Gasteiger charge is 2.19. The molecule has 2 N–H and O–H groups in total. The highest BCUT2D eigenvalue weighted by molar-refractivity contribution is 9.11. The average molecular weight is 376 g/mol. The largest absolute Gasteiger partial charge is 0.478 e. The SMILES string of the molecule is Cc1sc(Br)cc1S(=O)(=O)Nc1ccc(C(=O)O)cc1. The first-order valence-electron chi connectivity index (χ1n) is 5.42. The monoisotopic (exact) mass is 375 g/mol. The van der Waals surface area contributed by atoms with E-state index in [0.29, 0.717) is 10.6 Å². The van der Waals surface area contributed by atoms with Gasteiger partial charge < -0.3 is 5.11 Å². The quantitative estimate of drug-likeness (QED) is 0.858. The van der Waals surface area contributed by atoms with E-state index in [1.54, 1.807) is 6.92 Å². The van der Waals surface area contributed by atoms with Crippen LogP contribution in [0.1, 0.15) is 15.2 Å². The van der Waals surface area contributed by atoms with E-state index in [-0.39, 0.29) is 10.5 Å². The zero-order valence-corrected chi connectivity index (χ0v) is 13.5. The van der Waals surface area contributed by atoms with Crippen molar-refractivity contribution in [2.45, 2.75) is 11.8 Å². The van der Waals surface area contributed by atoms with Gasteiger partial charge in [-0.15, -0.1) is 11.3 Å². The van der Waals surface area contributed by atoms with Gasteiger partial charge in [0.25, 0.3) is 10.0 Å². The predicted octanol–water partition coefficient (Wildman–Crippen LogP) is 3.32. The summed E-state index contributed by atoms with van der Waals surface area (Å²) in [5.74, 6) is -1.06. The Bertz CT molecular complexity index is 750. The molecule has 1 aromatic heterocycles. The predicted molar refractivity (Wildman–Crippen MR) is 81.0 cm³/mol. The minimum Gasteiger partial charge on any atom is -0.478 e. The second kappa shape index (κ2) is 5.55. The van der Waals surface area contributed by atoms with Crippen LogP contribution < -0.4 is 4.72 Å². The van der Waals surface area contributed by atoms with Crippen LogP contribution in [0.25, 0.3) is 0 Å². The van der Waals surface area contributed by atoms with Gasteiger partial charge in [-0.3, -0.25) is 4.72 Å². The second-order valence-electron chi connectivity index (χ2n) is 3.96. The van der Waals surface area contributed by atoms with Crippen molar-refractivity contribution in [3.8, 4) is 0 Å². The van der Waals surface area contributed by atoms with Crippen molar-refractivity contribution in [3.05, 3.63) is 44.6 Å². The Balaban J connectivity index is 2.28. The first-order chi connectivity index (χ1) is 9.29. The van der Waals surface area contributed by atoms with E-state index in [1.807, 2.05) is 0 Å². The van der Waals surface area contributed by atoms with Gasteiger partial charge in [-0.1, -0.05) is 0 Å². The Morgan fingerprint density at radius 2 is 1.90 bits per heavy atom. The van der Waals surface area contributed by atoms with Crippen molar-refractivity contribution in [1.82, 2.24) is 0 Å². The Morgan fingerprint density at radius 1 is 1.30 bits per heavy atom. The Hall–Kier alpha value is -1.38. The summed E-state index contributed by atoms with van der Waals surface area (Å²) in [5.41, 5.74) is 0.416. The highest BCUT2D eigenvalue weighted by Crippen LogP contribution is 2.30. The van der Waals surface area contributed by atoms with Crippen LogP contribution >= 0.6 is 27.3 Å². The fourth-order valence-electron chi connectivity index (χ4n) is 1.59. The highest BCUT2D eigenvalue weighted by atomic mass is 79.9. The Kier molecular flexibility index (Phi) is 4.17. The molecule has 0 aliphatic rings. The van der Waals surface area contributed by atoms with E-state index >= 15 is 0 Å². The summed E-state index contributed by atoms with van der Waals surface area (Å²) < 4.78 is 27.6. The van der Waals surface area contributed by atoms with Crippen LogP contribution in [-0.4, -0.2) is 19.5 Å². The summed E-state index contributed by atoms with van der Waals surface area (Å²) in [7, 11) is -3.67. The number of carboxylic acid groups (broad SMARTS) is 1. The number of halogens is 1. The topological polar surface area (TPSA) is 83.5 Å². The molecule has 0 spiro atoms. The number of carbonyl (C=O) groups is 1. The van der Waals surface area contributed by atoms with Gasteiger partial charge in [0.15, 0.2) is 0 Å². The summed E-state index contributed by atoms with van der Waals surface area (Å²) in [6.45, 7) is 1.72. The molecule has 0 bridgehead atoms. The third-order valence-electron chi connectivity index (χ3n) is 2.52. The third-order valence-corrected chi connectivity index (χ3v) is 5.71. The van der Waals surface area contributed by atoms with Gasteiger partial charge in [-0.05, 0) is 53.2 Å². The number of sulfonamides is 1. The van der Waals surface area contributed by atoms with E-state index < -0.39 is 16.0 Å². The normalized spacial score (nSPS) is 11.3. The molecular weight excluding hydrogens is 366 g/mol. The number of hydrogen-bond acceptors (Lipinski definition) is 4. The fraction of sp³-hybridized carbons (Fsp3) is 0.0833. The minimum atomic E-state index is -3.67. The molecule has 2 aromatic rings. The molecule has 1 heterocycles. The summed E-state index contributed by atoms with van der Waals surface area (Å²) in [5, 5.41) is 8.78. The van der Waals surface area contributed by atoms with E-state index in [2.05, 4.69) is 20.7 Å². The minimum absolute atomic E-state index is 0.0995. The number of nitrogens with one attached hydrogen (secondary N) is 1. The molecule has 0 unspecified atom stereocenters. The molecule has 0 fully saturated rings. The van der Waals surface area contributed by atoms with Crippen LogP contribution in [-0.2, 0) is 10.0 Å². The van der Waals surface area contributed by atoms with Gasteiger partial charge in [-0.25, -0.2) is 13.2 Å². The van der Waals surface area contributed by atoms with Gasteiger partial charge in [0.2, 0.25) is 0 Å². The first-order valence-corrected chi connectivity index (χ1v) is 8.51. The molecule has 0 saturated carbocycles. The molecule has 0 aliphatic heterocycles. The average Bonchev–Trinajstić information content (AvgIpc) is 2.69. The van der Waals surface area contributed by atoms with Gasteiger partial charge in [0.05, 0.1) is 9.35 Å². The van der Waals surface area contributed by atoms with Gasteiger partial charge in [0, 0.05) is 10.6 Å². The molecule has 1 aromatic carbocycles. The number of thiophene rings is 1. The van der Waals surface area contributed by atoms with E-state index in [1.165, 1.54) is 41.7 Å². The summed E-state index contributed by atoms with van der Waals surface area (Å²) in [6.07, 6.45) is 0. The lowest BCUT2D eigenvalue weighted by atomic mass is 10.2. The number of aromatic carboxylic acids is 1. The lowest BCUT2D eigenvalue weighted by Gasteiger charge is -2.07. The smallest absolute Gasteiger partial charge is 0.335 e. The van der Waals surface area contributed by atoms with E-state index in [4.69, 9.17) is 5.11 Å². The lowest BCUT2D eigenvalue weighted by Crippen LogP contribution is -2.13. The third kappa shape index (κ3) is 3.20.